The fourth-order valence-electron chi connectivity index (χ4n) is 4.09. The topological polar surface area (TPSA) is 88.9 Å². The number of pyridine rings is 1. The smallest absolute Gasteiger partial charge is 0.242 e. The number of rotatable bonds is 6. The average Bonchev–Trinajstić information content (AvgIpc) is 3.48. The molecule has 0 saturated carbocycles. The van der Waals surface area contributed by atoms with Crippen molar-refractivity contribution in [3.8, 4) is 0 Å². The van der Waals surface area contributed by atoms with Gasteiger partial charge in [-0.25, -0.2) is 4.98 Å². The summed E-state index contributed by atoms with van der Waals surface area (Å²) in [6, 6.07) is 16.6. The van der Waals surface area contributed by atoms with Crippen molar-refractivity contribution in [1.29, 1.82) is 0 Å². The number of amides is 1. The Bertz CT molecular complexity index is 1370. The first-order valence-corrected chi connectivity index (χ1v) is 13.1. The highest BCUT2D eigenvalue weighted by Gasteiger charge is 2.48. The number of nitrogens with zero attached hydrogens (tertiary/aromatic N) is 3. The van der Waals surface area contributed by atoms with E-state index >= 15 is 0 Å². The zero-order valence-electron chi connectivity index (χ0n) is 19.0. The fraction of sp³-hybridized carbons (Fsp3) is 0.200. The van der Waals surface area contributed by atoms with E-state index in [2.05, 4.69) is 15.7 Å². The molecular weight excluding hydrogens is 502 g/mol. The normalized spacial score (nSPS) is 20.0. The van der Waals surface area contributed by atoms with Crippen LogP contribution in [0.4, 0.5) is 11.6 Å². The van der Waals surface area contributed by atoms with Crippen LogP contribution in [-0.4, -0.2) is 31.7 Å². The van der Waals surface area contributed by atoms with Gasteiger partial charge in [0.15, 0.2) is 11.6 Å². The minimum absolute atomic E-state index is 0.0801. The van der Waals surface area contributed by atoms with Gasteiger partial charge in [-0.15, -0.1) is 11.8 Å². The van der Waals surface area contributed by atoms with E-state index in [0.29, 0.717) is 27.2 Å². The Hall–Kier alpha value is -3.14. The third-order valence-electron chi connectivity index (χ3n) is 5.96. The number of anilines is 2. The maximum Gasteiger partial charge on any atom is 0.242 e. The number of hydrogen-bond acceptors (Lipinski definition) is 7. The first-order valence-electron chi connectivity index (χ1n) is 10.9. The minimum Gasteiger partial charge on any atom is -0.339 e. The standard InChI is InChI=1S/C25H22ClN5O2S2/c1-15-12-22(30-31(15)2)28-21-9-5-8-20(27-21)25(16-10-11-34-14-16)13-18(32)23(24(33)29-25)35-19-7-4-3-6-17(19)26/h3-12,14,23H,13H2,1-2H3,(H,29,33)(H,27,28,30). The second kappa shape index (κ2) is 9.49. The van der Waals surface area contributed by atoms with Crippen LogP contribution in [0.15, 0.2) is 70.3 Å². The molecule has 1 fully saturated rings. The van der Waals surface area contributed by atoms with Crippen molar-refractivity contribution in [2.45, 2.75) is 29.0 Å². The molecule has 1 aromatic carbocycles. The lowest BCUT2D eigenvalue weighted by molar-refractivity contribution is -0.133. The predicted molar refractivity (Wildman–Crippen MR) is 139 cm³/mol. The molecule has 0 radical (unpaired) electrons. The summed E-state index contributed by atoms with van der Waals surface area (Å²) in [7, 11) is 1.87. The molecule has 5 rings (SSSR count). The second-order valence-corrected chi connectivity index (χ2v) is 10.6. The molecule has 1 aliphatic heterocycles. The molecule has 35 heavy (non-hydrogen) atoms. The Balaban J connectivity index is 1.48. The molecule has 1 saturated heterocycles. The van der Waals surface area contributed by atoms with Crippen molar-refractivity contribution >= 4 is 58.0 Å². The van der Waals surface area contributed by atoms with Crippen molar-refractivity contribution < 1.29 is 9.59 Å². The highest BCUT2D eigenvalue weighted by Crippen LogP contribution is 2.41. The van der Waals surface area contributed by atoms with Gasteiger partial charge in [0.25, 0.3) is 0 Å². The van der Waals surface area contributed by atoms with Crippen LogP contribution in [-0.2, 0) is 22.2 Å². The zero-order chi connectivity index (χ0) is 24.6. The van der Waals surface area contributed by atoms with Gasteiger partial charge in [-0.3, -0.25) is 14.3 Å². The molecule has 3 aromatic heterocycles. The van der Waals surface area contributed by atoms with Crippen LogP contribution in [0.1, 0.15) is 23.4 Å². The lowest BCUT2D eigenvalue weighted by Gasteiger charge is -2.39. The number of Topliss-reactive ketones (excluding diaryl/α,β-unsaturated/α-hetero) is 1. The van der Waals surface area contributed by atoms with Crippen LogP contribution < -0.4 is 10.6 Å². The van der Waals surface area contributed by atoms with Crippen LogP contribution in [0, 0.1) is 6.92 Å². The summed E-state index contributed by atoms with van der Waals surface area (Å²) in [4.78, 5) is 32.3. The number of piperidine rings is 1. The van der Waals surface area contributed by atoms with Crippen molar-refractivity contribution in [3.05, 3.63) is 87.3 Å². The van der Waals surface area contributed by atoms with Gasteiger partial charge < -0.3 is 10.6 Å². The summed E-state index contributed by atoms with van der Waals surface area (Å²) in [5.41, 5.74) is 1.34. The molecule has 10 heteroatoms. The molecular formula is C25H22ClN5O2S2. The van der Waals surface area contributed by atoms with E-state index in [-0.39, 0.29) is 18.1 Å². The number of aromatic nitrogens is 3. The number of hydrogen-bond donors (Lipinski definition) is 2. The summed E-state index contributed by atoms with van der Waals surface area (Å²) < 4.78 is 1.77. The van der Waals surface area contributed by atoms with E-state index < -0.39 is 10.8 Å². The van der Waals surface area contributed by atoms with Gasteiger partial charge >= 0.3 is 0 Å². The van der Waals surface area contributed by atoms with Crippen molar-refractivity contribution in [2.75, 3.05) is 5.32 Å². The summed E-state index contributed by atoms with van der Waals surface area (Å²) in [6.45, 7) is 1.97. The number of benzene rings is 1. The molecule has 2 atom stereocenters. The highest BCUT2D eigenvalue weighted by molar-refractivity contribution is 8.01. The molecule has 1 aliphatic rings. The molecule has 2 N–H and O–H groups in total. The molecule has 178 valence electrons. The van der Waals surface area contributed by atoms with E-state index in [1.807, 2.05) is 73.3 Å². The number of nitrogens with one attached hydrogen (secondary N) is 2. The molecule has 4 heterocycles. The minimum atomic E-state index is -1.07. The van der Waals surface area contributed by atoms with E-state index in [0.717, 1.165) is 11.3 Å². The summed E-state index contributed by atoms with van der Waals surface area (Å²) >= 11 is 8.96. The Kier molecular flexibility index (Phi) is 6.39. The summed E-state index contributed by atoms with van der Waals surface area (Å²) in [5.74, 6) is 0.701. The number of thioether (sulfide) groups is 1. The predicted octanol–water partition coefficient (Wildman–Crippen LogP) is 5.08. The maximum atomic E-state index is 13.4. The van der Waals surface area contributed by atoms with Crippen molar-refractivity contribution in [3.63, 3.8) is 0 Å². The summed E-state index contributed by atoms with van der Waals surface area (Å²) in [5, 5.41) is 14.3. The zero-order valence-corrected chi connectivity index (χ0v) is 21.4. The number of ketones is 1. The lowest BCUT2D eigenvalue weighted by atomic mass is 9.79. The van der Waals surface area contributed by atoms with Crippen LogP contribution in [0.5, 0.6) is 0 Å². The van der Waals surface area contributed by atoms with Gasteiger partial charge in [0.2, 0.25) is 5.91 Å². The van der Waals surface area contributed by atoms with E-state index in [9.17, 15) is 9.59 Å². The first kappa shape index (κ1) is 23.6. The molecule has 4 aromatic rings. The molecule has 7 nitrogen and oxygen atoms in total. The molecule has 0 aliphatic carbocycles. The quantitative estimate of drug-likeness (QED) is 0.343. The Morgan fingerprint density at radius 2 is 2.00 bits per heavy atom. The van der Waals surface area contributed by atoms with Crippen LogP contribution in [0.2, 0.25) is 5.02 Å². The number of thiophene rings is 1. The molecule has 2 unspecified atom stereocenters. The van der Waals surface area contributed by atoms with E-state index in [1.54, 1.807) is 10.7 Å². The molecule has 0 bridgehead atoms. The lowest BCUT2D eigenvalue weighted by Crippen LogP contribution is -2.58. The van der Waals surface area contributed by atoms with Crippen LogP contribution >= 0.6 is 34.7 Å². The third-order valence-corrected chi connectivity index (χ3v) is 8.41. The van der Waals surface area contributed by atoms with Gasteiger partial charge in [-0.2, -0.15) is 16.4 Å². The van der Waals surface area contributed by atoms with Gasteiger partial charge in [0, 0.05) is 30.1 Å². The summed E-state index contributed by atoms with van der Waals surface area (Å²) in [6.07, 6.45) is 0.0801. The number of halogens is 1. The number of carbonyl (C=O) groups is 2. The maximum absolute atomic E-state index is 13.4. The highest BCUT2D eigenvalue weighted by atomic mass is 35.5. The Morgan fingerprint density at radius 1 is 1.17 bits per heavy atom. The second-order valence-electron chi connectivity index (χ2n) is 8.31. The van der Waals surface area contributed by atoms with Crippen molar-refractivity contribution in [1.82, 2.24) is 20.1 Å². The van der Waals surface area contributed by atoms with Gasteiger partial charge in [-0.05, 0) is 53.6 Å². The number of aryl methyl sites for hydroxylation is 2. The SMILES string of the molecule is Cc1cc(Nc2cccc(C3(c4ccsc4)CC(=O)C(Sc4ccccc4Cl)C(=O)N3)n2)nn1C. The van der Waals surface area contributed by atoms with Gasteiger partial charge in [0.1, 0.15) is 16.6 Å². The fourth-order valence-corrected chi connectivity index (χ4v) is 6.06. The van der Waals surface area contributed by atoms with Crippen LogP contribution in [0.25, 0.3) is 0 Å². The van der Waals surface area contributed by atoms with Crippen molar-refractivity contribution in [2.24, 2.45) is 7.05 Å². The monoisotopic (exact) mass is 523 g/mol. The van der Waals surface area contributed by atoms with E-state index in [4.69, 9.17) is 16.6 Å². The largest absolute Gasteiger partial charge is 0.339 e. The first-order chi connectivity index (χ1) is 16.9. The number of carbonyl (C=O) groups excluding carboxylic acids is 2. The third kappa shape index (κ3) is 4.59. The Labute approximate surface area is 215 Å². The molecule has 1 amide bonds. The van der Waals surface area contributed by atoms with E-state index in [1.165, 1.54) is 23.1 Å². The Morgan fingerprint density at radius 3 is 2.69 bits per heavy atom. The van der Waals surface area contributed by atoms with Crippen LogP contribution in [0.3, 0.4) is 0 Å². The van der Waals surface area contributed by atoms with Gasteiger partial charge in [0.05, 0.1) is 10.7 Å². The molecule has 0 spiro atoms. The van der Waals surface area contributed by atoms with Gasteiger partial charge in [-0.1, -0.05) is 29.8 Å². The average molecular weight is 524 g/mol.